The molecule has 0 bridgehead atoms. The van der Waals surface area contributed by atoms with Crippen LogP contribution in [0, 0.1) is 17.6 Å². The number of nitrogens with two attached hydrogens (primary N) is 2. The largest absolute Gasteiger partial charge is 0.480 e. The number of rotatable bonds is 8. The number of likely N-dealkylation sites (tertiary alicyclic amines) is 1. The predicted molar refractivity (Wildman–Crippen MR) is 114 cm³/mol. The van der Waals surface area contributed by atoms with Gasteiger partial charge in [-0.25, -0.2) is 8.78 Å². The van der Waals surface area contributed by atoms with Gasteiger partial charge in [0.05, 0.1) is 10.0 Å². The van der Waals surface area contributed by atoms with Gasteiger partial charge in [-0.15, -0.1) is 0 Å². The highest BCUT2D eigenvalue weighted by atomic mass is 35.5. The lowest BCUT2D eigenvalue weighted by molar-refractivity contribution is -0.137. The van der Waals surface area contributed by atoms with Gasteiger partial charge in [-0.3, -0.25) is 14.5 Å². The van der Waals surface area contributed by atoms with Crippen molar-refractivity contribution in [1.29, 1.82) is 0 Å². The first kappa shape index (κ1) is 24.0. The van der Waals surface area contributed by atoms with Gasteiger partial charge in [-0.05, 0) is 37.1 Å². The smallest absolute Gasteiger partial charge is 0.274 e. The summed E-state index contributed by atoms with van der Waals surface area (Å²) in [7, 11) is 0. The molecule has 0 aromatic heterocycles. The van der Waals surface area contributed by atoms with Crippen molar-refractivity contribution >= 4 is 35.0 Å². The maximum Gasteiger partial charge on any atom is 0.274 e. The monoisotopic (exact) mass is 487 g/mol. The summed E-state index contributed by atoms with van der Waals surface area (Å²) in [5, 5.41) is -0.147. The molecule has 1 aliphatic heterocycles. The second-order valence-corrected chi connectivity index (χ2v) is 8.15. The van der Waals surface area contributed by atoms with Gasteiger partial charge in [0, 0.05) is 31.1 Å². The van der Waals surface area contributed by atoms with Crippen LogP contribution in [0.1, 0.15) is 12.8 Å². The number of ether oxygens (including phenoxy) is 2. The summed E-state index contributed by atoms with van der Waals surface area (Å²) < 4.78 is 38.6. The topological polar surface area (TPSA) is 108 Å². The molecule has 1 aliphatic rings. The molecule has 1 fully saturated rings. The number of hydrogen-bond acceptors (Lipinski definition) is 5. The van der Waals surface area contributed by atoms with Crippen LogP contribution in [0.15, 0.2) is 36.4 Å². The third-order valence-corrected chi connectivity index (χ3v) is 5.76. The highest BCUT2D eigenvalue weighted by molar-refractivity contribution is 6.31. The van der Waals surface area contributed by atoms with E-state index in [9.17, 15) is 18.4 Å². The predicted octanol–water partition coefficient (Wildman–Crippen LogP) is 3.11. The highest BCUT2D eigenvalue weighted by Gasteiger charge is 2.36. The average Bonchev–Trinajstić information content (AvgIpc) is 2.75. The zero-order chi connectivity index (χ0) is 23.4. The Morgan fingerprint density at radius 2 is 1.41 bits per heavy atom. The number of halogens is 4. The molecule has 3 rings (SSSR count). The van der Waals surface area contributed by atoms with Crippen molar-refractivity contribution in [3.8, 4) is 11.5 Å². The number of amides is 2. The summed E-state index contributed by atoms with van der Waals surface area (Å²) in [6.45, 7) is 0.660. The fraction of sp³-hybridized carbons (Fsp3) is 0.333. The molecule has 7 nitrogen and oxygen atoms in total. The van der Waals surface area contributed by atoms with Gasteiger partial charge in [0.2, 0.25) is 6.23 Å². The van der Waals surface area contributed by atoms with Crippen LogP contribution in [0.5, 0.6) is 11.5 Å². The molecule has 0 spiro atoms. The molecule has 2 aromatic rings. The molecule has 1 saturated heterocycles. The molecule has 11 heteroatoms. The number of carbonyl (C=O) groups excluding carboxylic acids is 2. The summed E-state index contributed by atoms with van der Waals surface area (Å²) in [5.41, 5.74) is 11.0. The SMILES string of the molecule is NC(=O)C(Oc1ccc(Cl)c(F)c1)C1CCN(C(Oc2ccc(Cl)c(F)c2)C(N)=O)CC1. The molecule has 2 atom stereocenters. The number of piperidine rings is 1. The summed E-state index contributed by atoms with van der Waals surface area (Å²) in [4.78, 5) is 25.6. The zero-order valence-corrected chi connectivity index (χ0v) is 18.3. The molecule has 2 aromatic carbocycles. The lowest BCUT2D eigenvalue weighted by Gasteiger charge is -2.37. The third-order valence-electron chi connectivity index (χ3n) is 5.15. The van der Waals surface area contributed by atoms with Gasteiger partial charge in [0.15, 0.2) is 6.10 Å². The summed E-state index contributed by atoms with van der Waals surface area (Å²) >= 11 is 11.3. The van der Waals surface area contributed by atoms with Crippen LogP contribution in [-0.2, 0) is 9.59 Å². The van der Waals surface area contributed by atoms with E-state index < -0.39 is 35.8 Å². The van der Waals surface area contributed by atoms with Gasteiger partial charge < -0.3 is 20.9 Å². The third kappa shape index (κ3) is 5.79. The van der Waals surface area contributed by atoms with E-state index in [1.54, 1.807) is 4.90 Å². The van der Waals surface area contributed by atoms with Gasteiger partial charge in [0.1, 0.15) is 23.1 Å². The minimum absolute atomic E-state index is 0.0701. The zero-order valence-electron chi connectivity index (χ0n) is 16.8. The number of primary amides is 2. The van der Waals surface area contributed by atoms with Crippen LogP contribution in [0.3, 0.4) is 0 Å². The van der Waals surface area contributed by atoms with Crippen molar-refractivity contribution in [2.24, 2.45) is 17.4 Å². The van der Waals surface area contributed by atoms with Crippen LogP contribution >= 0.6 is 23.2 Å². The molecule has 1 heterocycles. The molecule has 0 saturated carbocycles. The maximum atomic E-state index is 13.7. The van der Waals surface area contributed by atoms with E-state index in [0.717, 1.165) is 12.1 Å². The lowest BCUT2D eigenvalue weighted by Crippen LogP contribution is -2.53. The molecule has 32 heavy (non-hydrogen) atoms. The van der Waals surface area contributed by atoms with E-state index in [4.69, 9.17) is 44.1 Å². The first-order valence-corrected chi connectivity index (χ1v) is 10.5. The van der Waals surface area contributed by atoms with E-state index in [2.05, 4.69) is 0 Å². The van der Waals surface area contributed by atoms with Crippen LogP contribution < -0.4 is 20.9 Å². The first-order chi connectivity index (χ1) is 15.2. The molecule has 0 radical (unpaired) electrons. The Labute approximate surface area is 193 Å². The highest BCUT2D eigenvalue weighted by Crippen LogP contribution is 2.28. The minimum Gasteiger partial charge on any atom is -0.480 e. The molecule has 2 amide bonds. The normalized spacial score (nSPS) is 16.9. The van der Waals surface area contributed by atoms with Crippen LogP contribution in [0.25, 0.3) is 0 Å². The van der Waals surface area contributed by atoms with E-state index in [1.807, 2.05) is 0 Å². The van der Waals surface area contributed by atoms with Crippen molar-refractivity contribution < 1.29 is 27.8 Å². The minimum atomic E-state index is -1.14. The summed E-state index contributed by atoms with van der Waals surface area (Å²) in [5.74, 6) is -2.88. The van der Waals surface area contributed by atoms with E-state index >= 15 is 0 Å². The second kappa shape index (κ2) is 10.3. The standard InChI is InChI=1S/C21H21Cl2F2N3O4/c22-14-3-1-12(9-16(14)24)31-18(19(26)29)11-5-7-28(8-6-11)21(20(27)30)32-13-2-4-15(23)17(25)10-13/h1-4,9-11,18,21H,5-8H2,(H2,26,29)(H2,27,30). The summed E-state index contributed by atoms with van der Waals surface area (Å²) in [6.07, 6.45) is -1.30. The Hall–Kier alpha value is -2.62. The molecular weight excluding hydrogens is 467 g/mol. The fourth-order valence-electron chi connectivity index (χ4n) is 3.53. The molecule has 4 N–H and O–H groups in total. The summed E-state index contributed by atoms with van der Waals surface area (Å²) in [6, 6.07) is 7.64. The Balaban J connectivity index is 1.66. The van der Waals surface area contributed by atoms with Gasteiger partial charge >= 0.3 is 0 Å². The average molecular weight is 488 g/mol. The first-order valence-electron chi connectivity index (χ1n) is 9.72. The van der Waals surface area contributed by atoms with Crippen LogP contribution in [0.2, 0.25) is 10.0 Å². The fourth-order valence-corrected chi connectivity index (χ4v) is 3.77. The number of benzene rings is 2. The van der Waals surface area contributed by atoms with Crippen molar-refractivity contribution in [2.75, 3.05) is 13.1 Å². The molecular formula is C21H21Cl2F2N3O4. The van der Waals surface area contributed by atoms with Crippen LogP contribution in [0.4, 0.5) is 8.78 Å². The second-order valence-electron chi connectivity index (χ2n) is 7.34. The Morgan fingerprint density at radius 3 is 1.84 bits per heavy atom. The van der Waals surface area contributed by atoms with Crippen molar-refractivity contribution in [3.05, 3.63) is 58.1 Å². The number of carbonyl (C=O) groups is 2. The Bertz CT molecular complexity index is 924. The van der Waals surface area contributed by atoms with Crippen LogP contribution in [-0.4, -0.2) is 42.1 Å². The van der Waals surface area contributed by atoms with E-state index in [-0.39, 0.29) is 27.5 Å². The van der Waals surface area contributed by atoms with Crippen molar-refractivity contribution in [1.82, 2.24) is 4.90 Å². The van der Waals surface area contributed by atoms with Crippen molar-refractivity contribution in [2.45, 2.75) is 25.2 Å². The van der Waals surface area contributed by atoms with E-state index in [1.165, 1.54) is 24.3 Å². The Morgan fingerprint density at radius 1 is 0.906 bits per heavy atom. The molecule has 0 aliphatic carbocycles. The van der Waals surface area contributed by atoms with Crippen molar-refractivity contribution in [3.63, 3.8) is 0 Å². The van der Waals surface area contributed by atoms with Gasteiger partial charge in [-0.2, -0.15) is 0 Å². The molecule has 2 unspecified atom stereocenters. The van der Waals surface area contributed by atoms with Gasteiger partial charge in [0.25, 0.3) is 11.8 Å². The molecule has 172 valence electrons. The number of hydrogen-bond donors (Lipinski definition) is 2. The Kier molecular flexibility index (Phi) is 7.76. The lowest BCUT2D eigenvalue weighted by atomic mass is 9.90. The van der Waals surface area contributed by atoms with Gasteiger partial charge in [-0.1, -0.05) is 23.2 Å². The van der Waals surface area contributed by atoms with E-state index in [0.29, 0.717) is 25.9 Å². The number of nitrogens with zero attached hydrogens (tertiary/aromatic N) is 1. The maximum absolute atomic E-state index is 13.7. The quantitative estimate of drug-likeness (QED) is 0.594.